The Balaban J connectivity index is 1.53. The number of hydrogen-bond donors (Lipinski definition) is 1. The number of nitrogens with zero attached hydrogens (tertiary/aromatic N) is 1. The molecule has 8 heteroatoms. The summed E-state index contributed by atoms with van der Waals surface area (Å²) in [6, 6.07) is 17.7. The molecule has 0 spiro atoms. The average molecular weight is 520 g/mol. The van der Waals surface area contributed by atoms with E-state index >= 15 is 0 Å². The average Bonchev–Trinajstić information content (AvgIpc) is 3.15. The lowest BCUT2D eigenvalue weighted by molar-refractivity contribution is -0.128. The lowest BCUT2D eigenvalue weighted by atomic mass is 10.1. The van der Waals surface area contributed by atoms with Gasteiger partial charge in [-0.25, -0.2) is 4.98 Å². The number of nitrogens with one attached hydrogen (secondary N) is 1. The predicted octanol–water partition coefficient (Wildman–Crippen LogP) is 7.36. The van der Waals surface area contributed by atoms with Crippen LogP contribution in [0.15, 0.2) is 69.6 Å². The molecule has 0 fully saturated rings. The van der Waals surface area contributed by atoms with E-state index in [9.17, 15) is 4.79 Å². The van der Waals surface area contributed by atoms with E-state index < -0.39 is 5.60 Å². The van der Waals surface area contributed by atoms with Gasteiger partial charge in [0.2, 0.25) is 5.89 Å². The van der Waals surface area contributed by atoms with Gasteiger partial charge in [-0.1, -0.05) is 39.1 Å². The normalized spacial score (nSPS) is 11.5. The Bertz CT molecular complexity index is 1270. The molecule has 0 radical (unpaired) electrons. The highest BCUT2D eigenvalue weighted by Gasteiger charge is 2.30. The van der Waals surface area contributed by atoms with Gasteiger partial charge in [-0.3, -0.25) is 4.79 Å². The zero-order valence-electron chi connectivity index (χ0n) is 16.6. The van der Waals surface area contributed by atoms with Crippen LogP contribution in [0, 0.1) is 0 Å². The first-order valence-electron chi connectivity index (χ1n) is 9.33. The van der Waals surface area contributed by atoms with E-state index in [4.69, 9.17) is 32.4 Å². The minimum absolute atomic E-state index is 0.289. The summed E-state index contributed by atoms with van der Waals surface area (Å²) in [7, 11) is 0. The van der Waals surface area contributed by atoms with Crippen molar-refractivity contribution < 1.29 is 13.9 Å². The van der Waals surface area contributed by atoms with Gasteiger partial charge in [0.05, 0.1) is 10.0 Å². The van der Waals surface area contributed by atoms with Crippen LogP contribution in [0.3, 0.4) is 0 Å². The maximum atomic E-state index is 12.8. The number of fused-ring (bicyclic) bond motifs is 1. The second-order valence-electron chi connectivity index (χ2n) is 7.35. The summed E-state index contributed by atoms with van der Waals surface area (Å²) in [6.07, 6.45) is 0. The molecule has 0 saturated carbocycles. The minimum atomic E-state index is -1.09. The number of oxazole rings is 1. The van der Waals surface area contributed by atoms with Gasteiger partial charge >= 0.3 is 0 Å². The third kappa shape index (κ3) is 4.87. The number of anilines is 1. The third-order valence-electron chi connectivity index (χ3n) is 4.55. The largest absolute Gasteiger partial charge is 0.478 e. The van der Waals surface area contributed by atoms with Crippen LogP contribution in [0.5, 0.6) is 5.75 Å². The van der Waals surface area contributed by atoms with Crippen molar-refractivity contribution in [2.45, 2.75) is 19.4 Å². The molecule has 0 atom stereocenters. The van der Waals surface area contributed by atoms with Crippen LogP contribution in [-0.2, 0) is 4.79 Å². The fraction of sp³-hybridized carbons (Fsp3) is 0.130. The van der Waals surface area contributed by atoms with Gasteiger partial charge in [-0.2, -0.15) is 0 Å². The van der Waals surface area contributed by atoms with Crippen molar-refractivity contribution in [2.75, 3.05) is 5.32 Å². The van der Waals surface area contributed by atoms with Crippen molar-refractivity contribution in [3.63, 3.8) is 0 Å². The minimum Gasteiger partial charge on any atom is -0.478 e. The molecule has 158 valence electrons. The van der Waals surface area contributed by atoms with E-state index in [1.165, 1.54) is 0 Å². The van der Waals surface area contributed by atoms with Gasteiger partial charge in [0.25, 0.3) is 5.91 Å². The number of carbonyl (C=O) groups is 1. The first-order chi connectivity index (χ1) is 14.7. The number of hydrogen-bond acceptors (Lipinski definition) is 4. The van der Waals surface area contributed by atoms with Crippen LogP contribution in [0.4, 0.5) is 5.69 Å². The first-order valence-corrected chi connectivity index (χ1v) is 10.9. The van der Waals surface area contributed by atoms with Crippen molar-refractivity contribution in [3.05, 3.63) is 75.2 Å². The van der Waals surface area contributed by atoms with Crippen LogP contribution < -0.4 is 10.1 Å². The number of aromatic nitrogens is 1. The summed E-state index contributed by atoms with van der Waals surface area (Å²) in [5, 5.41) is 3.75. The number of carbonyl (C=O) groups excluding carboxylic acids is 1. The molecule has 0 unspecified atom stereocenters. The van der Waals surface area contributed by atoms with Crippen LogP contribution in [-0.4, -0.2) is 16.5 Å². The van der Waals surface area contributed by atoms with E-state index in [1.807, 2.05) is 12.1 Å². The van der Waals surface area contributed by atoms with Gasteiger partial charge in [0.1, 0.15) is 11.3 Å². The molecule has 0 aliphatic rings. The van der Waals surface area contributed by atoms with E-state index in [0.29, 0.717) is 44.0 Å². The van der Waals surface area contributed by atoms with Crippen LogP contribution in [0.1, 0.15) is 13.8 Å². The Kier molecular flexibility index (Phi) is 5.97. The molecular weight excluding hydrogens is 503 g/mol. The Morgan fingerprint density at radius 1 is 1.03 bits per heavy atom. The standard InChI is InChI=1S/C23H17BrCl2N2O3/c1-23(2,31-16-7-4-14(24)5-8-16)22(29)27-15-6-10-20-19(12-15)28-21(30-20)13-3-9-17(25)18(26)11-13/h3-12H,1-2H3,(H,27,29). The van der Waals surface area contributed by atoms with Gasteiger partial charge in [-0.05, 0) is 74.5 Å². The molecule has 1 amide bonds. The summed E-state index contributed by atoms with van der Waals surface area (Å²) in [4.78, 5) is 17.3. The second kappa shape index (κ2) is 8.54. The SMILES string of the molecule is CC(C)(Oc1ccc(Br)cc1)C(=O)Nc1ccc2oc(-c3ccc(Cl)c(Cl)c3)nc2c1. The first kappa shape index (κ1) is 21.7. The Hall–Kier alpha value is -2.54. The quantitative estimate of drug-likeness (QED) is 0.299. The molecule has 1 N–H and O–H groups in total. The van der Waals surface area contributed by atoms with Gasteiger partial charge in [0, 0.05) is 15.7 Å². The van der Waals surface area contributed by atoms with Crippen LogP contribution >= 0.6 is 39.1 Å². The van der Waals surface area contributed by atoms with E-state index in [0.717, 1.165) is 4.47 Å². The summed E-state index contributed by atoms with van der Waals surface area (Å²) < 4.78 is 12.6. The fourth-order valence-corrected chi connectivity index (χ4v) is 3.45. The second-order valence-corrected chi connectivity index (χ2v) is 9.08. The molecule has 5 nitrogen and oxygen atoms in total. The zero-order chi connectivity index (χ0) is 22.2. The van der Waals surface area contributed by atoms with Gasteiger partial charge < -0.3 is 14.5 Å². The molecule has 1 aromatic heterocycles. The number of ether oxygens (including phenoxy) is 1. The maximum absolute atomic E-state index is 12.8. The number of halogens is 3. The van der Waals surface area contributed by atoms with Crippen molar-refractivity contribution in [3.8, 4) is 17.2 Å². The van der Waals surface area contributed by atoms with Gasteiger partial charge in [-0.15, -0.1) is 0 Å². The van der Waals surface area contributed by atoms with E-state index in [2.05, 4.69) is 26.2 Å². The maximum Gasteiger partial charge on any atom is 0.267 e. The van der Waals surface area contributed by atoms with Crippen LogP contribution in [0.25, 0.3) is 22.6 Å². The number of amides is 1. The predicted molar refractivity (Wildman–Crippen MR) is 127 cm³/mol. The highest BCUT2D eigenvalue weighted by molar-refractivity contribution is 9.10. The van der Waals surface area contributed by atoms with E-state index in [-0.39, 0.29) is 5.91 Å². The highest BCUT2D eigenvalue weighted by atomic mass is 79.9. The molecule has 0 aliphatic carbocycles. The molecule has 31 heavy (non-hydrogen) atoms. The molecule has 0 aliphatic heterocycles. The summed E-state index contributed by atoms with van der Waals surface area (Å²) in [5.74, 6) is 0.723. The summed E-state index contributed by atoms with van der Waals surface area (Å²) in [6.45, 7) is 3.42. The molecule has 0 saturated heterocycles. The molecular formula is C23H17BrCl2N2O3. The van der Waals surface area contributed by atoms with Gasteiger partial charge in [0.15, 0.2) is 11.2 Å². The van der Waals surface area contributed by atoms with Crippen molar-refractivity contribution in [1.82, 2.24) is 4.98 Å². The van der Waals surface area contributed by atoms with Crippen LogP contribution in [0.2, 0.25) is 10.0 Å². The molecule has 0 bridgehead atoms. The topological polar surface area (TPSA) is 64.4 Å². The molecule has 4 rings (SSSR count). The summed E-state index contributed by atoms with van der Waals surface area (Å²) in [5.41, 5.74) is 1.40. The molecule has 3 aromatic carbocycles. The number of benzene rings is 3. The lowest BCUT2D eigenvalue weighted by Gasteiger charge is -2.25. The monoisotopic (exact) mass is 518 g/mol. The third-order valence-corrected chi connectivity index (χ3v) is 5.81. The van der Waals surface area contributed by atoms with Crippen molar-refractivity contribution >= 4 is 61.8 Å². The van der Waals surface area contributed by atoms with Crippen molar-refractivity contribution in [1.29, 1.82) is 0 Å². The van der Waals surface area contributed by atoms with Crippen molar-refractivity contribution in [2.24, 2.45) is 0 Å². The Morgan fingerprint density at radius 3 is 2.48 bits per heavy atom. The highest BCUT2D eigenvalue weighted by Crippen LogP contribution is 2.31. The van der Waals surface area contributed by atoms with E-state index in [1.54, 1.807) is 62.4 Å². The Labute approximate surface area is 197 Å². The zero-order valence-corrected chi connectivity index (χ0v) is 19.7. The molecule has 4 aromatic rings. The smallest absolute Gasteiger partial charge is 0.267 e. The molecule has 1 heterocycles. The summed E-state index contributed by atoms with van der Waals surface area (Å²) >= 11 is 15.4. The number of rotatable bonds is 5. The fourth-order valence-electron chi connectivity index (χ4n) is 2.88. The Morgan fingerprint density at radius 2 is 1.77 bits per heavy atom. The lowest BCUT2D eigenvalue weighted by Crippen LogP contribution is -2.42.